The quantitative estimate of drug-likeness (QED) is 0.820. The number of urea groups is 1. The summed E-state index contributed by atoms with van der Waals surface area (Å²) in [6.07, 6.45) is 1.82. The van der Waals surface area contributed by atoms with Gasteiger partial charge in [0.05, 0.1) is 19.3 Å². The predicted octanol–water partition coefficient (Wildman–Crippen LogP) is 1.95. The smallest absolute Gasteiger partial charge is 0.317 e. The fourth-order valence-electron chi connectivity index (χ4n) is 3.70. The molecular formula is C19H27N5O3S. The van der Waals surface area contributed by atoms with Crippen LogP contribution in [0, 0.1) is 6.92 Å². The molecule has 0 radical (unpaired) electrons. The molecule has 0 saturated carbocycles. The number of carbonyl (C=O) groups excluding carboxylic acids is 1. The van der Waals surface area contributed by atoms with E-state index in [9.17, 15) is 4.79 Å². The van der Waals surface area contributed by atoms with Gasteiger partial charge in [0, 0.05) is 57.4 Å². The Labute approximate surface area is 169 Å². The summed E-state index contributed by atoms with van der Waals surface area (Å²) in [4.78, 5) is 23.5. The molecule has 8 nitrogen and oxygen atoms in total. The van der Waals surface area contributed by atoms with Crippen molar-refractivity contribution in [2.24, 2.45) is 0 Å². The molecule has 0 aliphatic carbocycles. The lowest BCUT2D eigenvalue weighted by atomic mass is 10.1. The molecule has 1 atom stereocenters. The lowest BCUT2D eigenvalue weighted by Crippen LogP contribution is -2.53. The average Bonchev–Trinajstić information content (AvgIpc) is 3.41. The molecule has 0 bridgehead atoms. The molecule has 28 heavy (non-hydrogen) atoms. The van der Waals surface area contributed by atoms with Gasteiger partial charge in [-0.05, 0) is 19.1 Å². The number of thiazole rings is 1. The fourth-order valence-corrected chi connectivity index (χ4v) is 4.40. The first-order valence-corrected chi connectivity index (χ1v) is 10.6. The molecule has 1 N–H and O–H groups in total. The summed E-state index contributed by atoms with van der Waals surface area (Å²) < 4.78 is 11.3. The lowest BCUT2D eigenvalue weighted by Gasteiger charge is -2.36. The number of carbonyl (C=O) groups is 1. The lowest BCUT2D eigenvalue weighted by molar-refractivity contribution is 0.0119. The summed E-state index contributed by atoms with van der Waals surface area (Å²) in [6, 6.07) is 4.00. The third-order valence-electron chi connectivity index (χ3n) is 5.28. The van der Waals surface area contributed by atoms with E-state index in [-0.39, 0.29) is 12.1 Å². The molecule has 152 valence electrons. The second-order valence-corrected chi connectivity index (χ2v) is 7.96. The minimum absolute atomic E-state index is 0.0136. The molecule has 9 heteroatoms. The van der Waals surface area contributed by atoms with Gasteiger partial charge in [0.25, 0.3) is 0 Å². The average molecular weight is 406 g/mol. The number of nitrogens with one attached hydrogen (secondary N) is 1. The molecular weight excluding hydrogens is 378 g/mol. The number of aryl methyl sites for hydroxylation is 1. The molecule has 2 aliphatic heterocycles. The van der Waals surface area contributed by atoms with Gasteiger partial charge in [0.1, 0.15) is 11.5 Å². The normalized spacial score (nSPS) is 19.6. The topological polar surface area (TPSA) is 74.1 Å². The van der Waals surface area contributed by atoms with Crippen LogP contribution in [0.5, 0.6) is 0 Å². The number of hydrogen-bond donors (Lipinski definition) is 1. The van der Waals surface area contributed by atoms with E-state index >= 15 is 0 Å². The number of ether oxygens (including phenoxy) is 1. The number of nitrogens with zero attached hydrogens (tertiary/aromatic N) is 4. The second kappa shape index (κ2) is 8.93. The fraction of sp³-hybridized carbons (Fsp3) is 0.579. The van der Waals surface area contributed by atoms with Crippen LogP contribution >= 0.6 is 11.3 Å². The van der Waals surface area contributed by atoms with Crippen LogP contribution in [-0.4, -0.2) is 79.8 Å². The van der Waals surface area contributed by atoms with Crippen molar-refractivity contribution in [3.63, 3.8) is 0 Å². The Bertz CT molecular complexity index is 751. The van der Waals surface area contributed by atoms with Crippen molar-refractivity contribution >= 4 is 22.5 Å². The number of hydrogen-bond acceptors (Lipinski definition) is 7. The molecule has 2 aliphatic rings. The van der Waals surface area contributed by atoms with Crippen molar-refractivity contribution in [1.82, 2.24) is 20.1 Å². The number of furan rings is 1. The molecule has 0 spiro atoms. The Morgan fingerprint density at radius 2 is 2.00 bits per heavy atom. The van der Waals surface area contributed by atoms with Crippen LogP contribution in [0.4, 0.5) is 9.93 Å². The molecule has 2 saturated heterocycles. The Morgan fingerprint density at radius 1 is 1.21 bits per heavy atom. The summed E-state index contributed by atoms with van der Waals surface area (Å²) in [5.41, 5.74) is 0. The van der Waals surface area contributed by atoms with Crippen LogP contribution in [0.25, 0.3) is 0 Å². The molecule has 4 heterocycles. The van der Waals surface area contributed by atoms with Crippen LogP contribution < -0.4 is 10.2 Å². The largest absolute Gasteiger partial charge is 0.465 e. The summed E-state index contributed by atoms with van der Waals surface area (Å²) in [5, 5.41) is 6.13. The summed E-state index contributed by atoms with van der Waals surface area (Å²) in [6.45, 7) is 8.60. The summed E-state index contributed by atoms with van der Waals surface area (Å²) in [7, 11) is 0. The number of aromatic nitrogens is 1. The van der Waals surface area contributed by atoms with E-state index in [4.69, 9.17) is 9.15 Å². The van der Waals surface area contributed by atoms with Gasteiger partial charge in [-0.15, -0.1) is 11.3 Å². The van der Waals surface area contributed by atoms with Crippen molar-refractivity contribution in [2.45, 2.75) is 13.0 Å². The van der Waals surface area contributed by atoms with Gasteiger partial charge in [-0.2, -0.15) is 0 Å². The number of amides is 2. The molecule has 2 amide bonds. The Hall–Kier alpha value is -2.10. The van der Waals surface area contributed by atoms with Gasteiger partial charge in [-0.1, -0.05) is 0 Å². The van der Waals surface area contributed by atoms with Crippen molar-refractivity contribution in [1.29, 1.82) is 0 Å². The second-order valence-electron chi connectivity index (χ2n) is 7.09. The van der Waals surface area contributed by atoms with Crippen molar-refractivity contribution in [2.75, 3.05) is 63.9 Å². The zero-order valence-corrected chi connectivity index (χ0v) is 17.0. The molecule has 1 unspecified atom stereocenters. The molecule has 2 aromatic rings. The number of anilines is 1. The highest BCUT2D eigenvalue weighted by Crippen LogP contribution is 2.24. The number of morpholine rings is 1. The van der Waals surface area contributed by atoms with Gasteiger partial charge >= 0.3 is 6.03 Å². The first-order valence-electron chi connectivity index (χ1n) is 9.76. The third-order valence-corrected chi connectivity index (χ3v) is 6.11. The van der Waals surface area contributed by atoms with Gasteiger partial charge in [-0.3, -0.25) is 4.90 Å². The maximum Gasteiger partial charge on any atom is 0.317 e. The van der Waals surface area contributed by atoms with Gasteiger partial charge in [0.15, 0.2) is 5.13 Å². The highest BCUT2D eigenvalue weighted by Gasteiger charge is 2.27. The maximum absolute atomic E-state index is 12.7. The minimum atomic E-state index is -0.0136. The first kappa shape index (κ1) is 19.2. The zero-order chi connectivity index (χ0) is 19.3. The van der Waals surface area contributed by atoms with Crippen LogP contribution in [0.3, 0.4) is 0 Å². The Morgan fingerprint density at radius 3 is 2.64 bits per heavy atom. The molecule has 4 rings (SSSR count). The van der Waals surface area contributed by atoms with E-state index in [1.807, 2.05) is 35.5 Å². The molecule has 2 fully saturated rings. The molecule has 0 aromatic carbocycles. The standard InChI is InChI=1S/C19H27N5O3S/c1-15-2-3-17(27-15)16(22-9-11-26-12-10-22)14-21-18(25)23-5-7-24(8-6-23)19-20-4-13-28-19/h2-4,13,16H,5-12,14H2,1H3,(H,21,25). The van der Waals surface area contributed by atoms with Crippen LogP contribution in [0.15, 0.2) is 28.1 Å². The van der Waals surface area contributed by atoms with E-state index in [1.54, 1.807) is 11.3 Å². The van der Waals surface area contributed by atoms with E-state index in [2.05, 4.69) is 20.1 Å². The summed E-state index contributed by atoms with van der Waals surface area (Å²) in [5.74, 6) is 1.78. The van der Waals surface area contributed by atoms with E-state index in [1.165, 1.54) is 0 Å². The Balaban J connectivity index is 1.32. The van der Waals surface area contributed by atoms with Gasteiger partial charge in [-0.25, -0.2) is 9.78 Å². The van der Waals surface area contributed by atoms with Gasteiger partial charge < -0.3 is 24.3 Å². The van der Waals surface area contributed by atoms with Crippen LogP contribution in [-0.2, 0) is 4.74 Å². The van der Waals surface area contributed by atoms with E-state index in [0.29, 0.717) is 32.8 Å². The van der Waals surface area contributed by atoms with Crippen molar-refractivity contribution in [3.05, 3.63) is 35.2 Å². The first-order chi connectivity index (χ1) is 13.7. The monoisotopic (exact) mass is 405 g/mol. The molecule has 2 aromatic heterocycles. The highest BCUT2D eigenvalue weighted by molar-refractivity contribution is 7.13. The van der Waals surface area contributed by atoms with E-state index in [0.717, 1.165) is 42.8 Å². The van der Waals surface area contributed by atoms with Crippen LogP contribution in [0.2, 0.25) is 0 Å². The number of rotatable bonds is 5. The predicted molar refractivity (Wildman–Crippen MR) is 108 cm³/mol. The highest BCUT2D eigenvalue weighted by atomic mass is 32.1. The SMILES string of the molecule is Cc1ccc(C(CNC(=O)N2CCN(c3nccs3)CC2)N2CCOCC2)o1. The van der Waals surface area contributed by atoms with Crippen molar-refractivity contribution < 1.29 is 13.9 Å². The van der Waals surface area contributed by atoms with Crippen LogP contribution in [0.1, 0.15) is 17.6 Å². The minimum Gasteiger partial charge on any atom is -0.465 e. The third kappa shape index (κ3) is 4.48. The Kier molecular flexibility index (Phi) is 6.13. The van der Waals surface area contributed by atoms with Gasteiger partial charge in [0.2, 0.25) is 0 Å². The number of piperazine rings is 1. The van der Waals surface area contributed by atoms with Crippen molar-refractivity contribution in [3.8, 4) is 0 Å². The summed E-state index contributed by atoms with van der Waals surface area (Å²) >= 11 is 1.64. The zero-order valence-electron chi connectivity index (χ0n) is 16.2. The maximum atomic E-state index is 12.7. The van der Waals surface area contributed by atoms with E-state index < -0.39 is 0 Å².